The molecule has 2 heterocycles. The topological polar surface area (TPSA) is 66.5 Å². The van der Waals surface area contributed by atoms with Crippen molar-refractivity contribution in [1.82, 2.24) is 9.88 Å². The first-order chi connectivity index (χ1) is 12.6. The van der Waals surface area contributed by atoms with Crippen LogP contribution in [0.15, 0.2) is 36.5 Å². The normalized spacial score (nSPS) is 14.8. The highest BCUT2D eigenvalue weighted by Gasteiger charge is 2.11. The zero-order valence-electron chi connectivity index (χ0n) is 14.2. The van der Waals surface area contributed by atoms with Crippen molar-refractivity contribution < 1.29 is 9.53 Å². The van der Waals surface area contributed by atoms with E-state index in [1.54, 1.807) is 36.5 Å². The van der Waals surface area contributed by atoms with Gasteiger partial charge in [-0.15, -0.1) is 0 Å². The monoisotopic (exact) mass is 394 g/mol. The summed E-state index contributed by atoms with van der Waals surface area (Å²) in [5, 5.41) is 6.97. The van der Waals surface area contributed by atoms with Crippen molar-refractivity contribution >= 4 is 40.6 Å². The van der Waals surface area contributed by atoms with Crippen LogP contribution in [-0.4, -0.2) is 55.2 Å². The molecule has 1 aromatic heterocycles. The first kappa shape index (κ1) is 18.9. The molecule has 8 heteroatoms. The minimum Gasteiger partial charge on any atom is -0.379 e. The van der Waals surface area contributed by atoms with E-state index in [-0.39, 0.29) is 5.91 Å². The first-order valence-electron chi connectivity index (χ1n) is 8.37. The second kappa shape index (κ2) is 9.19. The molecule has 2 aromatic rings. The predicted molar refractivity (Wildman–Crippen MR) is 104 cm³/mol. The van der Waals surface area contributed by atoms with Gasteiger partial charge in [0.05, 0.1) is 13.2 Å². The molecule has 6 nitrogen and oxygen atoms in total. The van der Waals surface area contributed by atoms with Crippen LogP contribution in [0.2, 0.25) is 10.0 Å². The maximum atomic E-state index is 12.4. The Morgan fingerprint density at radius 1 is 1.15 bits per heavy atom. The minimum absolute atomic E-state index is 0.248. The van der Waals surface area contributed by atoms with Gasteiger partial charge in [-0.3, -0.25) is 9.69 Å². The van der Waals surface area contributed by atoms with E-state index in [2.05, 4.69) is 20.5 Å². The fraction of sp³-hybridized carbons (Fsp3) is 0.333. The summed E-state index contributed by atoms with van der Waals surface area (Å²) < 4.78 is 5.33. The third-order valence-corrected chi connectivity index (χ3v) is 4.42. The van der Waals surface area contributed by atoms with Crippen molar-refractivity contribution in [2.75, 3.05) is 50.0 Å². The summed E-state index contributed by atoms with van der Waals surface area (Å²) in [4.78, 5) is 19.0. The molecule has 0 bridgehead atoms. The van der Waals surface area contributed by atoms with Gasteiger partial charge < -0.3 is 15.4 Å². The van der Waals surface area contributed by atoms with Crippen LogP contribution in [-0.2, 0) is 4.74 Å². The van der Waals surface area contributed by atoms with Gasteiger partial charge in [-0.2, -0.15) is 0 Å². The summed E-state index contributed by atoms with van der Waals surface area (Å²) in [6.07, 6.45) is 1.61. The van der Waals surface area contributed by atoms with E-state index in [0.717, 1.165) is 39.4 Å². The SMILES string of the molecule is O=C(Nc1cc(Cl)cc(Cl)c1)c1ccnc(NCCN2CCOCC2)c1. The van der Waals surface area contributed by atoms with Crippen LogP contribution in [0.25, 0.3) is 0 Å². The fourth-order valence-corrected chi connectivity index (χ4v) is 3.19. The quantitative estimate of drug-likeness (QED) is 0.785. The maximum absolute atomic E-state index is 12.4. The van der Waals surface area contributed by atoms with Crippen molar-refractivity contribution in [2.45, 2.75) is 0 Å². The number of carbonyl (C=O) groups is 1. The lowest BCUT2D eigenvalue weighted by atomic mass is 10.2. The van der Waals surface area contributed by atoms with E-state index >= 15 is 0 Å². The molecule has 1 fully saturated rings. The number of morpholine rings is 1. The molecule has 2 N–H and O–H groups in total. The van der Waals surface area contributed by atoms with E-state index < -0.39 is 0 Å². The highest BCUT2D eigenvalue weighted by molar-refractivity contribution is 6.35. The number of anilines is 2. The summed E-state index contributed by atoms with van der Waals surface area (Å²) in [5.41, 5.74) is 1.05. The van der Waals surface area contributed by atoms with Crippen LogP contribution >= 0.6 is 23.2 Å². The van der Waals surface area contributed by atoms with Gasteiger partial charge in [0.25, 0.3) is 5.91 Å². The van der Waals surface area contributed by atoms with E-state index in [9.17, 15) is 4.79 Å². The summed E-state index contributed by atoms with van der Waals surface area (Å²) in [6, 6.07) is 8.29. The van der Waals surface area contributed by atoms with Crippen LogP contribution in [0.3, 0.4) is 0 Å². The van der Waals surface area contributed by atoms with Crippen LogP contribution < -0.4 is 10.6 Å². The standard InChI is InChI=1S/C18H20Cl2N4O2/c19-14-10-15(20)12-16(11-14)23-18(25)13-1-2-21-17(9-13)22-3-4-24-5-7-26-8-6-24/h1-2,9-12H,3-8H2,(H,21,22)(H,23,25). The Hall–Kier alpha value is -1.86. The average molecular weight is 395 g/mol. The fourth-order valence-electron chi connectivity index (χ4n) is 2.66. The van der Waals surface area contributed by atoms with Crippen LogP contribution in [0.5, 0.6) is 0 Å². The minimum atomic E-state index is -0.248. The van der Waals surface area contributed by atoms with Gasteiger partial charge in [0.15, 0.2) is 0 Å². The Bertz CT molecular complexity index is 746. The third kappa shape index (κ3) is 5.57. The zero-order valence-corrected chi connectivity index (χ0v) is 15.7. The van der Waals surface area contributed by atoms with Crippen molar-refractivity contribution in [3.8, 4) is 0 Å². The Labute approximate surface area is 162 Å². The van der Waals surface area contributed by atoms with Gasteiger partial charge in [-0.1, -0.05) is 23.2 Å². The molecule has 26 heavy (non-hydrogen) atoms. The number of benzene rings is 1. The zero-order chi connectivity index (χ0) is 18.4. The number of ether oxygens (including phenoxy) is 1. The Balaban J connectivity index is 1.56. The molecule has 1 saturated heterocycles. The number of aromatic nitrogens is 1. The highest BCUT2D eigenvalue weighted by atomic mass is 35.5. The summed E-state index contributed by atoms with van der Waals surface area (Å²) in [7, 11) is 0. The van der Waals surface area contributed by atoms with Gasteiger partial charge in [-0.05, 0) is 30.3 Å². The molecule has 1 amide bonds. The Morgan fingerprint density at radius 3 is 2.62 bits per heavy atom. The number of halogens is 2. The van der Waals surface area contributed by atoms with Crippen LogP contribution in [0.4, 0.5) is 11.5 Å². The molecule has 3 rings (SSSR count). The number of nitrogens with one attached hydrogen (secondary N) is 2. The molecule has 0 aliphatic carbocycles. The summed E-state index contributed by atoms with van der Waals surface area (Å²) in [5.74, 6) is 0.414. The molecule has 1 aliphatic heterocycles. The lowest BCUT2D eigenvalue weighted by Crippen LogP contribution is -2.39. The first-order valence-corrected chi connectivity index (χ1v) is 9.13. The predicted octanol–water partition coefficient (Wildman–Crippen LogP) is 3.38. The molecule has 0 atom stereocenters. The van der Waals surface area contributed by atoms with Crippen molar-refractivity contribution in [3.63, 3.8) is 0 Å². The second-order valence-corrected chi connectivity index (χ2v) is 6.80. The van der Waals surface area contributed by atoms with Crippen molar-refractivity contribution in [2.24, 2.45) is 0 Å². The summed E-state index contributed by atoms with van der Waals surface area (Å²) in [6.45, 7) is 5.10. The summed E-state index contributed by atoms with van der Waals surface area (Å²) >= 11 is 11.9. The number of hydrogen-bond acceptors (Lipinski definition) is 5. The van der Waals surface area contributed by atoms with E-state index in [0.29, 0.717) is 27.1 Å². The van der Waals surface area contributed by atoms with Crippen LogP contribution in [0.1, 0.15) is 10.4 Å². The number of rotatable bonds is 6. The van der Waals surface area contributed by atoms with Crippen molar-refractivity contribution in [3.05, 3.63) is 52.1 Å². The molecule has 1 aliphatic rings. The Morgan fingerprint density at radius 2 is 1.88 bits per heavy atom. The lowest BCUT2D eigenvalue weighted by Gasteiger charge is -2.26. The van der Waals surface area contributed by atoms with E-state index in [1.165, 1.54) is 0 Å². The molecule has 0 saturated carbocycles. The van der Waals surface area contributed by atoms with E-state index in [4.69, 9.17) is 27.9 Å². The van der Waals surface area contributed by atoms with Gasteiger partial charge in [0.2, 0.25) is 0 Å². The number of carbonyl (C=O) groups excluding carboxylic acids is 1. The van der Waals surface area contributed by atoms with Crippen LogP contribution in [0, 0.1) is 0 Å². The molecule has 138 valence electrons. The largest absolute Gasteiger partial charge is 0.379 e. The van der Waals surface area contributed by atoms with Gasteiger partial charge >= 0.3 is 0 Å². The van der Waals surface area contributed by atoms with Gasteiger partial charge in [-0.25, -0.2) is 4.98 Å². The number of hydrogen-bond donors (Lipinski definition) is 2. The smallest absolute Gasteiger partial charge is 0.255 e. The molecular formula is C18H20Cl2N4O2. The number of nitrogens with zero attached hydrogens (tertiary/aromatic N) is 2. The second-order valence-electron chi connectivity index (χ2n) is 5.92. The molecule has 1 aromatic carbocycles. The van der Waals surface area contributed by atoms with Gasteiger partial charge in [0.1, 0.15) is 5.82 Å². The lowest BCUT2D eigenvalue weighted by molar-refractivity contribution is 0.0398. The number of amides is 1. The average Bonchev–Trinajstić information content (AvgIpc) is 2.62. The van der Waals surface area contributed by atoms with Gasteiger partial charge in [0, 0.05) is 53.7 Å². The molecule has 0 radical (unpaired) electrons. The number of pyridine rings is 1. The molecule has 0 unspecified atom stereocenters. The molecular weight excluding hydrogens is 375 g/mol. The maximum Gasteiger partial charge on any atom is 0.255 e. The van der Waals surface area contributed by atoms with E-state index in [1.807, 2.05) is 0 Å². The molecule has 0 spiro atoms. The highest BCUT2D eigenvalue weighted by Crippen LogP contribution is 2.23. The Kier molecular flexibility index (Phi) is 6.68. The van der Waals surface area contributed by atoms with Crippen molar-refractivity contribution in [1.29, 1.82) is 0 Å². The third-order valence-electron chi connectivity index (χ3n) is 3.98.